The predicted octanol–water partition coefficient (Wildman–Crippen LogP) is 5.61. The molecular weight excluding hydrogens is 536 g/mol. The maximum absolute atomic E-state index is 13.3. The molecule has 37 heavy (non-hydrogen) atoms. The van der Waals surface area contributed by atoms with Crippen LogP contribution < -0.4 is 9.47 Å². The van der Waals surface area contributed by atoms with E-state index in [1.165, 1.54) is 4.90 Å². The van der Waals surface area contributed by atoms with E-state index in [1.807, 2.05) is 36.5 Å². The highest BCUT2D eigenvalue weighted by atomic mass is 79.9. The third kappa shape index (κ3) is 4.60. The van der Waals surface area contributed by atoms with Gasteiger partial charge in [0, 0.05) is 33.7 Å². The van der Waals surface area contributed by atoms with Gasteiger partial charge in [0.05, 0.1) is 25.8 Å². The van der Waals surface area contributed by atoms with E-state index in [9.17, 15) is 14.7 Å². The second-order valence-electron chi connectivity index (χ2n) is 8.75. The van der Waals surface area contributed by atoms with Crippen LogP contribution in [0, 0.1) is 0 Å². The van der Waals surface area contributed by atoms with Crippen LogP contribution in [0.4, 0.5) is 0 Å². The normalized spacial score (nSPS) is 16.9. The summed E-state index contributed by atoms with van der Waals surface area (Å²) in [6, 6.07) is 19.2. The molecule has 7 nitrogen and oxygen atoms in total. The average Bonchev–Trinajstić information content (AvgIpc) is 3.44. The van der Waals surface area contributed by atoms with Gasteiger partial charge in [0.1, 0.15) is 17.3 Å². The first-order valence-electron chi connectivity index (χ1n) is 11.7. The number of likely N-dealkylation sites (tertiary alicyclic amines) is 1. The van der Waals surface area contributed by atoms with E-state index in [1.54, 1.807) is 50.6 Å². The minimum atomic E-state index is -0.741. The van der Waals surface area contributed by atoms with Crippen molar-refractivity contribution >= 4 is 44.3 Å². The molecule has 2 N–H and O–H groups in total. The van der Waals surface area contributed by atoms with Gasteiger partial charge in [-0.05, 0) is 60.0 Å². The van der Waals surface area contributed by atoms with E-state index in [-0.39, 0.29) is 17.9 Å². The number of nitrogens with one attached hydrogen (secondary N) is 1. The fraction of sp³-hybridized carbons (Fsp3) is 0.172. The van der Waals surface area contributed by atoms with Crippen LogP contribution in [0.2, 0.25) is 0 Å². The Labute approximate surface area is 222 Å². The molecule has 8 heteroatoms. The summed E-state index contributed by atoms with van der Waals surface area (Å²) in [7, 11) is 3.19. The molecule has 188 valence electrons. The number of aromatic nitrogens is 1. The summed E-state index contributed by atoms with van der Waals surface area (Å²) in [5.74, 6) is -0.160. The summed E-state index contributed by atoms with van der Waals surface area (Å²) in [5, 5.41) is 12.2. The van der Waals surface area contributed by atoms with E-state index in [0.717, 1.165) is 26.7 Å². The number of nitrogens with zero attached hydrogens (tertiary/aromatic N) is 1. The Hall–Kier alpha value is -4.04. The van der Waals surface area contributed by atoms with Gasteiger partial charge in [-0.15, -0.1) is 0 Å². The number of H-pyrrole nitrogens is 1. The highest BCUT2D eigenvalue weighted by Crippen LogP contribution is 2.40. The molecular formula is C29H25BrN2O5. The van der Waals surface area contributed by atoms with E-state index < -0.39 is 17.7 Å². The van der Waals surface area contributed by atoms with Crippen LogP contribution in [0.5, 0.6) is 11.5 Å². The summed E-state index contributed by atoms with van der Waals surface area (Å²) in [5.41, 5.74) is 3.19. The Bertz CT molecular complexity index is 1510. The lowest BCUT2D eigenvalue weighted by Crippen LogP contribution is -2.31. The second-order valence-corrected chi connectivity index (χ2v) is 9.66. The molecule has 3 aromatic carbocycles. The van der Waals surface area contributed by atoms with Crippen molar-refractivity contribution in [3.05, 3.63) is 99.7 Å². The van der Waals surface area contributed by atoms with Crippen molar-refractivity contribution in [1.29, 1.82) is 0 Å². The Morgan fingerprint density at radius 3 is 2.32 bits per heavy atom. The maximum atomic E-state index is 13.3. The maximum Gasteiger partial charge on any atom is 0.295 e. The van der Waals surface area contributed by atoms with Crippen molar-refractivity contribution in [1.82, 2.24) is 9.88 Å². The first-order chi connectivity index (χ1) is 17.9. The number of Topliss-reactive ketones (excluding diaryl/α,β-unsaturated/α-hetero) is 1. The molecule has 0 saturated carbocycles. The highest BCUT2D eigenvalue weighted by molar-refractivity contribution is 9.10. The Balaban J connectivity index is 1.55. The molecule has 5 rings (SSSR count). The number of aliphatic hydroxyl groups is 1. The molecule has 0 spiro atoms. The van der Waals surface area contributed by atoms with Gasteiger partial charge in [-0.2, -0.15) is 0 Å². The number of aromatic amines is 1. The van der Waals surface area contributed by atoms with Gasteiger partial charge in [0.25, 0.3) is 11.7 Å². The van der Waals surface area contributed by atoms with Crippen LogP contribution >= 0.6 is 15.9 Å². The number of hydrogen-bond acceptors (Lipinski definition) is 5. The summed E-state index contributed by atoms with van der Waals surface area (Å²) in [6.45, 7) is 0.280. The summed E-state index contributed by atoms with van der Waals surface area (Å²) < 4.78 is 11.5. The van der Waals surface area contributed by atoms with Gasteiger partial charge < -0.3 is 24.5 Å². The van der Waals surface area contributed by atoms with Gasteiger partial charge in [-0.1, -0.05) is 40.2 Å². The topological polar surface area (TPSA) is 91.9 Å². The zero-order valence-corrected chi connectivity index (χ0v) is 21.9. The molecule has 1 fully saturated rings. The lowest BCUT2D eigenvalue weighted by molar-refractivity contribution is -0.139. The molecule has 4 aromatic rings. The standard InChI is InChI=1S/C29H25BrN2O5/c1-36-21-9-5-17(6-10-21)26-25(27(33)18-3-7-20(30)8-4-18)28(34)29(35)32(26)14-13-19-16-31-24-12-11-22(37-2)15-23(19)24/h3-12,15-16,26,31,33H,13-14H2,1-2H3/t26-/m1/s1. The van der Waals surface area contributed by atoms with Gasteiger partial charge in [-0.25, -0.2) is 0 Å². The van der Waals surface area contributed by atoms with Crippen LogP contribution in [0.3, 0.4) is 0 Å². The zero-order valence-electron chi connectivity index (χ0n) is 20.3. The number of carbonyl (C=O) groups excluding carboxylic acids is 2. The quantitative estimate of drug-likeness (QED) is 0.174. The minimum Gasteiger partial charge on any atom is -0.507 e. The third-order valence-corrected chi connectivity index (χ3v) is 7.21. The molecule has 0 unspecified atom stereocenters. The number of hydrogen-bond donors (Lipinski definition) is 2. The summed E-state index contributed by atoms with van der Waals surface area (Å²) in [6.07, 6.45) is 2.41. The Morgan fingerprint density at radius 2 is 1.65 bits per heavy atom. The number of aliphatic hydroxyl groups excluding tert-OH is 1. The van der Waals surface area contributed by atoms with E-state index in [0.29, 0.717) is 23.3 Å². The minimum absolute atomic E-state index is 0.0677. The number of ether oxygens (including phenoxy) is 2. The van der Waals surface area contributed by atoms with Crippen LogP contribution in [-0.4, -0.2) is 47.4 Å². The monoisotopic (exact) mass is 560 g/mol. The van der Waals surface area contributed by atoms with Crippen molar-refractivity contribution in [2.45, 2.75) is 12.5 Å². The van der Waals surface area contributed by atoms with Crippen molar-refractivity contribution in [2.75, 3.05) is 20.8 Å². The van der Waals surface area contributed by atoms with E-state index in [2.05, 4.69) is 20.9 Å². The Morgan fingerprint density at radius 1 is 0.973 bits per heavy atom. The molecule has 0 bridgehead atoms. The first-order valence-corrected chi connectivity index (χ1v) is 12.5. The van der Waals surface area contributed by atoms with Crippen molar-refractivity contribution in [3.8, 4) is 11.5 Å². The third-order valence-electron chi connectivity index (χ3n) is 6.69. The fourth-order valence-electron chi connectivity index (χ4n) is 4.74. The van der Waals surface area contributed by atoms with Gasteiger partial charge >= 0.3 is 0 Å². The largest absolute Gasteiger partial charge is 0.507 e. The average molecular weight is 561 g/mol. The van der Waals surface area contributed by atoms with Crippen molar-refractivity contribution in [3.63, 3.8) is 0 Å². The number of methoxy groups -OCH3 is 2. The van der Waals surface area contributed by atoms with E-state index >= 15 is 0 Å². The molecule has 2 heterocycles. The van der Waals surface area contributed by atoms with Crippen LogP contribution in [0.25, 0.3) is 16.7 Å². The second kappa shape index (κ2) is 10.1. The number of fused-ring (bicyclic) bond motifs is 1. The molecule has 1 amide bonds. The molecule has 1 aromatic heterocycles. The van der Waals surface area contributed by atoms with E-state index in [4.69, 9.17) is 9.47 Å². The van der Waals surface area contributed by atoms with Crippen molar-refractivity contribution < 1.29 is 24.2 Å². The van der Waals surface area contributed by atoms with Crippen molar-refractivity contribution in [2.24, 2.45) is 0 Å². The van der Waals surface area contributed by atoms with Gasteiger partial charge in [0.2, 0.25) is 0 Å². The Kier molecular flexibility index (Phi) is 6.76. The summed E-state index contributed by atoms with van der Waals surface area (Å²) >= 11 is 3.39. The molecule has 1 aliphatic rings. The first kappa shape index (κ1) is 24.6. The lowest BCUT2D eigenvalue weighted by atomic mass is 9.95. The number of rotatable bonds is 7. The van der Waals surface area contributed by atoms with Gasteiger partial charge in [-0.3, -0.25) is 9.59 Å². The number of benzene rings is 3. The summed E-state index contributed by atoms with van der Waals surface area (Å²) in [4.78, 5) is 31.4. The predicted molar refractivity (Wildman–Crippen MR) is 145 cm³/mol. The molecule has 1 aliphatic heterocycles. The molecule has 1 saturated heterocycles. The molecule has 0 radical (unpaired) electrons. The SMILES string of the molecule is COc1ccc([C@@H]2C(=C(O)c3ccc(Br)cc3)C(=O)C(=O)N2CCc2c[nH]c3ccc(OC)cc23)cc1. The number of ketones is 1. The fourth-order valence-corrected chi connectivity index (χ4v) is 5.00. The zero-order chi connectivity index (χ0) is 26.1. The van der Waals surface area contributed by atoms with Crippen LogP contribution in [-0.2, 0) is 16.0 Å². The van der Waals surface area contributed by atoms with Crippen LogP contribution in [0.15, 0.2) is 83.0 Å². The number of halogens is 1. The lowest BCUT2D eigenvalue weighted by Gasteiger charge is -2.25. The van der Waals surface area contributed by atoms with Gasteiger partial charge in [0.15, 0.2) is 0 Å². The smallest absolute Gasteiger partial charge is 0.295 e. The van der Waals surface area contributed by atoms with Crippen LogP contribution in [0.1, 0.15) is 22.7 Å². The molecule has 1 atom stereocenters. The number of carbonyl (C=O) groups is 2. The highest BCUT2D eigenvalue weighted by Gasteiger charge is 2.45. The molecule has 0 aliphatic carbocycles. The number of amides is 1.